The minimum Gasteiger partial charge on any atom is -0.473 e. The molecule has 18 heavy (non-hydrogen) atoms. The number of nitrogens with zero attached hydrogens (tertiary/aromatic N) is 2. The minimum absolute atomic E-state index is 0.259. The molecular formula is C13H26N3OS+. The molecule has 0 saturated heterocycles. The molecule has 0 heterocycles. The van der Waals surface area contributed by atoms with Gasteiger partial charge in [-0.2, -0.15) is 0 Å². The Labute approximate surface area is 116 Å². The zero-order valence-electron chi connectivity index (χ0n) is 11.8. The Hall–Kier alpha value is -0.810. The zero-order valence-corrected chi connectivity index (χ0v) is 12.8. The van der Waals surface area contributed by atoms with Gasteiger partial charge >= 0.3 is 0 Å². The molecule has 0 unspecified atom stereocenters. The van der Waals surface area contributed by atoms with Gasteiger partial charge < -0.3 is 9.64 Å². The van der Waals surface area contributed by atoms with Crippen LogP contribution in [0.15, 0.2) is 16.5 Å². The Morgan fingerprint density at radius 1 is 1.33 bits per heavy atom. The highest BCUT2D eigenvalue weighted by Crippen LogP contribution is 2.03. The van der Waals surface area contributed by atoms with Gasteiger partial charge in [0.1, 0.15) is 18.5 Å². The smallest absolute Gasteiger partial charge is 0.287 e. The molecule has 0 saturated carbocycles. The van der Waals surface area contributed by atoms with Gasteiger partial charge in [-0.3, -0.25) is 5.41 Å². The highest BCUT2D eigenvalue weighted by atomic mass is 32.1. The summed E-state index contributed by atoms with van der Waals surface area (Å²) in [6.45, 7) is 7.27. The van der Waals surface area contributed by atoms with Crippen LogP contribution in [0.3, 0.4) is 0 Å². The summed E-state index contributed by atoms with van der Waals surface area (Å²) in [4.78, 5) is 1.96. The lowest BCUT2D eigenvalue weighted by atomic mass is 10.1. The number of rotatable bonds is 9. The van der Waals surface area contributed by atoms with Gasteiger partial charge in [0.2, 0.25) is 0 Å². The van der Waals surface area contributed by atoms with Crippen molar-refractivity contribution in [3.05, 3.63) is 12.2 Å². The lowest BCUT2D eigenvalue weighted by Crippen LogP contribution is -2.25. The van der Waals surface area contributed by atoms with Crippen molar-refractivity contribution in [1.82, 2.24) is 4.90 Å². The molecule has 0 aliphatic rings. The van der Waals surface area contributed by atoms with Crippen LogP contribution in [0, 0.1) is 5.41 Å². The average Bonchev–Trinajstić information content (AvgIpc) is 2.32. The van der Waals surface area contributed by atoms with Crippen molar-refractivity contribution in [3.63, 3.8) is 0 Å². The van der Waals surface area contributed by atoms with E-state index in [4.69, 9.17) is 10.1 Å². The van der Waals surface area contributed by atoms with E-state index >= 15 is 0 Å². The maximum absolute atomic E-state index is 7.95. The standard InChI is InChI=1S/C13H25N3OS/c1-5-6-7-8-9-17-13(15-18)12(14)11(2)10-16(3)4/h14,18H,2,5-10H2,1,3-4H3/p+1/b14-12?,15-13+. The molecule has 0 aromatic heterocycles. The average molecular weight is 272 g/mol. The Morgan fingerprint density at radius 2 is 2.00 bits per heavy atom. The van der Waals surface area contributed by atoms with Gasteiger partial charge in [0.05, 0.1) is 6.61 Å². The quantitative estimate of drug-likeness (QED) is 0.302. The van der Waals surface area contributed by atoms with Gasteiger partial charge in [-0.25, -0.2) is 0 Å². The van der Waals surface area contributed by atoms with Crippen LogP contribution in [0.25, 0.3) is 0 Å². The SMILES string of the molecule is C=C(CN(C)C)C(=N)/C(=N\[SH2+])OCCCCCC. The van der Waals surface area contributed by atoms with Gasteiger partial charge in [-0.1, -0.05) is 32.8 Å². The second-order valence-electron chi connectivity index (χ2n) is 4.54. The Bertz CT molecular complexity index is 301. The molecule has 0 bridgehead atoms. The molecule has 0 atom stereocenters. The highest BCUT2D eigenvalue weighted by molar-refractivity contribution is 7.57. The van der Waals surface area contributed by atoms with Crippen LogP contribution in [0.5, 0.6) is 0 Å². The molecule has 0 radical (unpaired) electrons. The number of hydrogen-bond acceptors (Lipinski definition) is 4. The molecule has 0 spiro atoms. The zero-order chi connectivity index (χ0) is 14.0. The summed E-state index contributed by atoms with van der Waals surface area (Å²) in [6, 6.07) is 0. The largest absolute Gasteiger partial charge is 0.473 e. The lowest BCUT2D eigenvalue weighted by molar-refractivity contribution is 0.299. The lowest BCUT2D eigenvalue weighted by Gasteiger charge is -2.13. The molecule has 0 aliphatic heterocycles. The third-order valence-electron chi connectivity index (χ3n) is 2.41. The van der Waals surface area contributed by atoms with Crippen LogP contribution in [-0.4, -0.2) is 43.8 Å². The maximum Gasteiger partial charge on any atom is 0.287 e. The van der Waals surface area contributed by atoms with Crippen LogP contribution in [0.4, 0.5) is 0 Å². The monoisotopic (exact) mass is 272 g/mol. The number of likely N-dealkylation sites (N-methyl/N-ethyl adjacent to an activating group) is 1. The van der Waals surface area contributed by atoms with Gasteiger partial charge in [0.25, 0.3) is 5.90 Å². The summed E-state index contributed by atoms with van der Waals surface area (Å²) in [6.07, 6.45) is 4.56. The van der Waals surface area contributed by atoms with Crippen LogP contribution in [0.2, 0.25) is 0 Å². The summed E-state index contributed by atoms with van der Waals surface area (Å²) < 4.78 is 9.33. The second-order valence-corrected chi connectivity index (χ2v) is 4.77. The van der Waals surface area contributed by atoms with Crippen molar-refractivity contribution in [2.75, 3.05) is 27.2 Å². The fraction of sp³-hybridized carbons (Fsp3) is 0.692. The number of nitrogens with one attached hydrogen (secondary N) is 1. The Balaban J connectivity index is 4.09. The minimum atomic E-state index is 0.259. The molecule has 0 fully saturated rings. The van der Waals surface area contributed by atoms with Gasteiger partial charge in [0, 0.05) is 6.54 Å². The van der Waals surface area contributed by atoms with Crippen molar-refractivity contribution in [2.24, 2.45) is 4.40 Å². The predicted octanol–water partition coefficient (Wildman–Crippen LogP) is 2.05. The summed E-state index contributed by atoms with van der Waals surface area (Å²) >= 11 is 3.05. The van der Waals surface area contributed by atoms with Crippen molar-refractivity contribution >= 4 is 24.4 Å². The molecule has 0 aromatic carbocycles. The fourth-order valence-electron chi connectivity index (χ4n) is 1.47. The molecule has 4 nitrogen and oxygen atoms in total. The first-order valence-corrected chi connectivity index (χ1v) is 6.76. The third-order valence-corrected chi connectivity index (χ3v) is 2.62. The first-order valence-electron chi connectivity index (χ1n) is 6.31. The summed E-state index contributed by atoms with van der Waals surface area (Å²) in [7, 11) is 3.88. The molecule has 0 aromatic rings. The number of ether oxygens (including phenoxy) is 1. The van der Waals surface area contributed by atoms with Crippen LogP contribution in [-0.2, 0) is 17.6 Å². The molecule has 0 aliphatic carbocycles. The van der Waals surface area contributed by atoms with Crippen molar-refractivity contribution < 1.29 is 4.74 Å². The molecule has 0 amide bonds. The number of hydrogen-bond donors (Lipinski definition) is 1. The van der Waals surface area contributed by atoms with E-state index in [-0.39, 0.29) is 5.71 Å². The topological polar surface area (TPSA) is 48.7 Å². The van der Waals surface area contributed by atoms with Crippen molar-refractivity contribution in [3.8, 4) is 0 Å². The van der Waals surface area contributed by atoms with E-state index in [9.17, 15) is 0 Å². The molecule has 5 heteroatoms. The molecular weight excluding hydrogens is 246 g/mol. The fourth-order valence-corrected chi connectivity index (χ4v) is 1.65. The van der Waals surface area contributed by atoms with E-state index in [2.05, 4.69) is 30.7 Å². The first-order chi connectivity index (χ1) is 8.52. The normalized spacial score (nSPS) is 11.7. The van der Waals surface area contributed by atoms with Crippen LogP contribution >= 0.6 is 0 Å². The van der Waals surface area contributed by atoms with E-state index in [1.165, 1.54) is 12.8 Å². The number of unbranched alkanes of at least 4 members (excludes halogenated alkanes) is 3. The van der Waals surface area contributed by atoms with Crippen LogP contribution in [0.1, 0.15) is 32.6 Å². The van der Waals surface area contributed by atoms with E-state index < -0.39 is 0 Å². The third kappa shape index (κ3) is 7.50. The van der Waals surface area contributed by atoms with E-state index in [0.717, 1.165) is 12.8 Å². The van der Waals surface area contributed by atoms with E-state index in [1.807, 2.05) is 19.0 Å². The highest BCUT2D eigenvalue weighted by Gasteiger charge is 2.14. The Kier molecular flexibility index (Phi) is 9.69. The van der Waals surface area contributed by atoms with E-state index in [1.54, 1.807) is 0 Å². The maximum atomic E-state index is 7.95. The van der Waals surface area contributed by atoms with Gasteiger partial charge in [-0.15, -0.1) is 0 Å². The van der Waals surface area contributed by atoms with Gasteiger partial charge in [0.15, 0.2) is 0 Å². The molecule has 104 valence electrons. The molecule has 0 rings (SSSR count). The summed E-state index contributed by atoms with van der Waals surface area (Å²) in [5.41, 5.74) is 0.958. The van der Waals surface area contributed by atoms with Crippen molar-refractivity contribution in [2.45, 2.75) is 32.6 Å². The predicted molar refractivity (Wildman–Crippen MR) is 83.1 cm³/mol. The summed E-state index contributed by atoms with van der Waals surface area (Å²) in [5.74, 6) is 0.315. The second kappa shape index (κ2) is 10.1. The van der Waals surface area contributed by atoms with E-state index in [0.29, 0.717) is 24.6 Å². The van der Waals surface area contributed by atoms with Crippen molar-refractivity contribution in [1.29, 1.82) is 5.41 Å². The van der Waals surface area contributed by atoms with Crippen LogP contribution < -0.4 is 0 Å². The first kappa shape index (κ1) is 17.2. The Morgan fingerprint density at radius 3 is 2.50 bits per heavy atom. The molecule has 1 N–H and O–H groups in total. The summed E-state index contributed by atoms with van der Waals surface area (Å²) in [5, 5.41) is 7.95. The van der Waals surface area contributed by atoms with Gasteiger partial charge in [-0.05, 0) is 30.5 Å².